The molecular weight excluding hydrogens is 556 g/mol. The number of pyridine rings is 1. The number of carbonyl (C=O) groups is 2. The van der Waals surface area contributed by atoms with E-state index in [4.69, 9.17) is 9.15 Å². The van der Waals surface area contributed by atoms with Gasteiger partial charge in [-0.3, -0.25) is 14.5 Å². The van der Waals surface area contributed by atoms with Crippen molar-refractivity contribution in [3.63, 3.8) is 0 Å². The van der Waals surface area contributed by atoms with Crippen molar-refractivity contribution < 1.29 is 23.8 Å². The Labute approximate surface area is 259 Å². The zero-order chi connectivity index (χ0) is 31.2. The highest BCUT2D eigenvalue weighted by molar-refractivity contribution is 5.94. The number of nitrogens with zero attached hydrogens (tertiary/aromatic N) is 4. The predicted molar refractivity (Wildman–Crippen MR) is 166 cm³/mol. The lowest BCUT2D eigenvalue weighted by atomic mass is 9.77. The highest BCUT2D eigenvalue weighted by atomic mass is 16.5. The zero-order valence-corrected chi connectivity index (χ0v) is 25.9. The molecule has 0 radical (unpaired) electrons. The van der Waals surface area contributed by atoms with E-state index in [0.29, 0.717) is 54.2 Å². The maximum Gasteiger partial charge on any atom is 0.303 e. The fourth-order valence-corrected chi connectivity index (χ4v) is 6.79. The first-order chi connectivity index (χ1) is 21.2. The third-order valence-electron chi connectivity index (χ3n) is 9.36. The first-order valence-electron chi connectivity index (χ1n) is 15.8. The van der Waals surface area contributed by atoms with Crippen LogP contribution in [0.1, 0.15) is 100 Å². The van der Waals surface area contributed by atoms with E-state index in [9.17, 15) is 20.0 Å². The molecule has 0 unspecified atom stereocenters. The minimum atomic E-state index is -0.773. The Hall–Kier alpha value is -4.19. The Bertz CT molecular complexity index is 1490. The van der Waals surface area contributed by atoms with E-state index in [2.05, 4.69) is 22.1 Å². The summed E-state index contributed by atoms with van der Waals surface area (Å²) in [6.07, 6.45) is 10.3. The lowest BCUT2D eigenvalue weighted by Crippen LogP contribution is -2.42. The molecule has 0 atom stereocenters. The molecule has 1 amide bonds. The van der Waals surface area contributed by atoms with Gasteiger partial charge in [-0.25, -0.2) is 9.97 Å². The molecule has 1 aromatic carbocycles. The Morgan fingerprint density at radius 2 is 1.80 bits per heavy atom. The van der Waals surface area contributed by atoms with Crippen LogP contribution >= 0.6 is 0 Å². The van der Waals surface area contributed by atoms with Crippen molar-refractivity contribution in [1.29, 1.82) is 5.26 Å². The van der Waals surface area contributed by atoms with Crippen LogP contribution in [0.25, 0.3) is 11.3 Å². The van der Waals surface area contributed by atoms with Gasteiger partial charge < -0.3 is 14.3 Å². The predicted octanol–water partition coefficient (Wildman–Crippen LogP) is 7.33. The largest absolute Gasteiger partial charge is 0.495 e. The summed E-state index contributed by atoms with van der Waals surface area (Å²) in [7, 11) is 1.58. The smallest absolute Gasteiger partial charge is 0.303 e. The second-order valence-electron chi connectivity index (χ2n) is 12.7. The van der Waals surface area contributed by atoms with E-state index in [1.54, 1.807) is 19.6 Å². The number of benzene rings is 1. The number of methoxy groups -OCH3 is 1. The van der Waals surface area contributed by atoms with Crippen LogP contribution in [0, 0.1) is 29.1 Å². The molecule has 2 aliphatic rings. The number of aromatic nitrogens is 2. The maximum atomic E-state index is 14.2. The van der Waals surface area contributed by atoms with Crippen LogP contribution in [0.15, 0.2) is 47.2 Å². The van der Waals surface area contributed by atoms with Crippen molar-refractivity contribution in [1.82, 2.24) is 9.97 Å². The highest BCUT2D eigenvalue weighted by Gasteiger charge is 2.34. The van der Waals surface area contributed by atoms with Crippen LogP contribution in [-0.4, -0.2) is 40.6 Å². The number of aliphatic carboxylic acids is 1. The number of amides is 1. The summed E-state index contributed by atoms with van der Waals surface area (Å²) in [6, 6.07) is 12.0. The van der Waals surface area contributed by atoms with E-state index in [0.717, 1.165) is 55.3 Å². The molecule has 232 valence electrons. The van der Waals surface area contributed by atoms with Crippen molar-refractivity contribution >= 4 is 17.7 Å². The first-order valence-corrected chi connectivity index (χ1v) is 15.8. The zero-order valence-electron chi connectivity index (χ0n) is 25.9. The number of carboxylic acid groups (broad SMARTS) is 1. The average molecular weight is 599 g/mol. The molecule has 2 aromatic heterocycles. The molecule has 44 heavy (non-hydrogen) atoms. The summed E-state index contributed by atoms with van der Waals surface area (Å²) in [5.41, 5.74) is 3.29. The van der Waals surface area contributed by atoms with Gasteiger partial charge in [0.05, 0.1) is 12.7 Å². The molecule has 2 saturated carbocycles. The molecule has 9 nitrogen and oxygen atoms in total. The minimum absolute atomic E-state index is 0.0717. The third kappa shape index (κ3) is 7.29. The minimum Gasteiger partial charge on any atom is -0.495 e. The van der Waals surface area contributed by atoms with Crippen molar-refractivity contribution in [3.8, 4) is 23.1 Å². The second kappa shape index (κ2) is 14.1. The molecule has 0 aliphatic heterocycles. The molecule has 9 heteroatoms. The van der Waals surface area contributed by atoms with E-state index in [1.165, 1.54) is 0 Å². The van der Waals surface area contributed by atoms with E-state index < -0.39 is 5.97 Å². The molecule has 0 bridgehead atoms. The van der Waals surface area contributed by atoms with E-state index in [1.807, 2.05) is 43.0 Å². The lowest BCUT2D eigenvalue weighted by Gasteiger charge is -2.35. The van der Waals surface area contributed by atoms with Gasteiger partial charge in [-0.2, -0.15) is 5.26 Å². The SMILES string of the molecule is COc1ccc([C@H]2CC[C@H](CN(c3cc(-c4coc(C(C)C)n4)ccn3)C(=O)[C@H]3CC[C@H](CC(=O)O)CC3)CC2)cc1C#N. The quantitative estimate of drug-likeness (QED) is 0.257. The average Bonchev–Trinajstić information content (AvgIpc) is 3.55. The standard InChI is InChI=1S/C35H42N4O5/c1-22(2)34-38-30(21-44-34)28-14-15-37-32(18-28)39(35(42)26-10-4-23(5-11-26)16-33(40)41)20-24-6-8-25(9-7-24)27-12-13-31(43-3)29(17-27)19-36/h12-15,17-18,21-26H,4-11,16,20H2,1-3H3,(H,40,41)/t23-,24-,25-,26-. The van der Waals surface area contributed by atoms with Crippen LogP contribution in [0.4, 0.5) is 5.82 Å². The molecule has 2 heterocycles. The molecule has 2 aliphatic carbocycles. The van der Waals surface area contributed by atoms with Crippen molar-refractivity contribution in [2.24, 2.45) is 17.8 Å². The van der Waals surface area contributed by atoms with Gasteiger partial charge in [0.15, 0.2) is 5.89 Å². The number of oxazole rings is 1. The molecule has 5 rings (SSSR count). The monoisotopic (exact) mass is 598 g/mol. The lowest BCUT2D eigenvalue weighted by molar-refractivity contribution is -0.138. The van der Waals surface area contributed by atoms with Gasteiger partial charge in [-0.15, -0.1) is 0 Å². The van der Waals surface area contributed by atoms with E-state index >= 15 is 0 Å². The van der Waals surface area contributed by atoms with E-state index in [-0.39, 0.29) is 30.1 Å². The van der Waals surface area contributed by atoms with Gasteiger partial charge in [0.25, 0.3) is 0 Å². The number of hydrogen-bond acceptors (Lipinski definition) is 7. The van der Waals surface area contributed by atoms with Crippen molar-refractivity contribution in [2.75, 3.05) is 18.6 Å². The Morgan fingerprint density at radius 1 is 1.07 bits per heavy atom. The summed E-state index contributed by atoms with van der Waals surface area (Å²) in [5.74, 6) is 2.00. The van der Waals surface area contributed by atoms with Crippen molar-refractivity contribution in [2.45, 2.75) is 83.5 Å². The summed E-state index contributed by atoms with van der Waals surface area (Å²) in [6.45, 7) is 4.65. The fraction of sp³-hybridized carbons (Fsp3) is 0.514. The summed E-state index contributed by atoms with van der Waals surface area (Å²) in [5, 5.41) is 18.8. The summed E-state index contributed by atoms with van der Waals surface area (Å²) < 4.78 is 11.0. The number of hydrogen-bond donors (Lipinski definition) is 1. The molecule has 0 saturated heterocycles. The number of anilines is 1. The second-order valence-corrected chi connectivity index (χ2v) is 12.7. The first kappa shape index (κ1) is 31.2. The normalized spacial score (nSPS) is 21.9. The van der Waals surface area contributed by atoms with Crippen molar-refractivity contribution in [3.05, 3.63) is 59.8 Å². The van der Waals surface area contributed by atoms with Gasteiger partial charge in [-0.05, 0) is 98.9 Å². The van der Waals surface area contributed by atoms with Gasteiger partial charge >= 0.3 is 5.97 Å². The number of rotatable bonds is 10. The van der Waals surface area contributed by atoms with Gasteiger partial charge in [0, 0.05) is 36.6 Å². The number of ether oxygens (including phenoxy) is 1. The number of nitriles is 1. The van der Waals surface area contributed by atoms with Gasteiger partial charge in [0.2, 0.25) is 5.91 Å². The van der Waals surface area contributed by atoms with Crippen LogP contribution in [0.2, 0.25) is 0 Å². The molecule has 2 fully saturated rings. The molecular formula is C35H42N4O5. The van der Waals surface area contributed by atoms with Gasteiger partial charge in [-0.1, -0.05) is 19.9 Å². The molecule has 0 spiro atoms. The Balaban J connectivity index is 1.33. The number of carboxylic acids is 1. The molecule has 1 N–H and O–H groups in total. The fourth-order valence-electron chi connectivity index (χ4n) is 6.79. The number of carbonyl (C=O) groups excluding carboxylic acids is 1. The van der Waals surface area contributed by atoms with Crippen LogP contribution in [0.5, 0.6) is 5.75 Å². The maximum absolute atomic E-state index is 14.2. The van der Waals surface area contributed by atoms with Gasteiger partial charge in [0.1, 0.15) is 29.6 Å². The topological polar surface area (TPSA) is 130 Å². The molecule has 3 aromatic rings. The Kier molecular flexibility index (Phi) is 9.99. The highest BCUT2D eigenvalue weighted by Crippen LogP contribution is 2.39. The van der Waals surface area contributed by atoms with Crippen LogP contribution in [0.3, 0.4) is 0 Å². The van der Waals surface area contributed by atoms with Crippen LogP contribution < -0.4 is 9.64 Å². The Morgan fingerprint density at radius 3 is 2.43 bits per heavy atom. The third-order valence-corrected chi connectivity index (χ3v) is 9.36. The van der Waals surface area contributed by atoms with Crippen LogP contribution in [-0.2, 0) is 9.59 Å². The summed E-state index contributed by atoms with van der Waals surface area (Å²) in [4.78, 5) is 36.6. The summed E-state index contributed by atoms with van der Waals surface area (Å²) >= 11 is 0.